The number of halogens is 3. The summed E-state index contributed by atoms with van der Waals surface area (Å²) in [5.41, 5.74) is 7.12. The lowest BCUT2D eigenvalue weighted by Crippen LogP contribution is -2.17. The summed E-state index contributed by atoms with van der Waals surface area (Å²) in [5.74, 6) is 0.485. The highest BCUT2D eigenvalue weighted by Crippen LogP contribution is 2.36. The molecule has 0 unspecified atom stereocenters. The summed E-state index contributed by atoms with van der Waals surface area (Å²) in [6.45, 7) is 0.291. The Bertz CT molecular complexity index is 1710. The summed E-state index contributed by atoms with van der Waals surface area (Å²) in [6.07, 6.45) is 1.48. The SMILES string of the molecule is COc1cc(/C=N\NC(=O)c2ccc(-c3csc(Nc4ccc(Cl)cc4)n3)cc2)cc(Cl)c1OCc1ccc(Cl)cc1. The number of hydrogen-bond acceptors (Lipinski definition) is 7. The second-order valence-corrected chi connectivity index (χ2v) is 11.0. The van der Waals surface area contributed by atoms with Crippen LogP contribution in [0.1, 0.15) is 21.5 Å². The Morgan fingerprint density at radius 3 is 2.33 bits per heavy atom. The second kappa shape index (κ2) is 13.7. The summed E-state index contributed by atoms with van der Waals surface area (Å²) < 4.78 is 11.3. The maximum Gasteiger partial charge on any atom is 0.271 e. The molecule has 2 N–H and O–H groups in total. The number of nitrogens with zero attached hydrogens (tertiary/aromatic N) is 2. The number of ether oxygens (including phenoxy) is 2. The van der Waals surface area contributed by atoms with Gasteiger partial charge in [-0.15, -0.1) is 11.3 Å². The molecule has 1 aromatic heterocycles. The van der Waals surface area contributed by atoms with Gasteiger partial charge in [-0.1, -0.05) is 59.1 Å². The average Bonchev–Trinajstić information content (AvgIpc) is 3.47. The number of rotatable bonds is 10. The lowest BCUT2D eigenvalue weighted by molar-refractivity contribution is 0.0955. The van der Waals surface area contributed by atoms with E-state index in [1.807, 2.05) is 53.9 Å². The number of hydrogen-bond donors (Lipinski definition) is 2. The third-order valence-electron chi connectivity index (χ3n) is 5.97. The van der Waals surface area contributed by atoms with Crippen molar-refractivity contribution in [3.05, 3.63) is 122 Å². The van der Waals surface area contributed by atoms with Crippen LogP contribution in [0.3, 0.4) is 0 Å². The first-order chi connectivity index (χ1) is 20.4. The third kappa shape index (κ3) is 7.60. The standard InChI is InChI=1S/C31H23Cl3N4O3S/c1-40-28-15-20(14-26(34)29(28)41-17-19-2-8-23(32)9-3-19)16-35-38-30(39)22-6-4-21(5-7-22)27-18-42-31(37-27)36-25-12-10-24(33)11-13-25/h2-16,18H,17H2,1H3,(H,36,37)(H,38,39)/b35-16-. The van der Waals surface area contributed by atoms with Crippen molar-refractivity contribution in [2.24, 2.45) is 5.10 Å². The zero-order valence-corrected chi connectivity index (χ0v) is 25.2. The number of nitrogens with one attached hydrogen (secondary N) is 2. The minimum Gasteiger partial charge on any atom is -0.493 e. The monoisotopic (exact) mass is 636 g/mol. The van der Waals surface area contributed by atoms with E-state index in [0.29, 0.717) is 44.3 Å². The molecule has 0 spiro atoms. The first-order valence-corrected chi connectivity index (χ1v) is 14.6. The van der Waals surface area contributed by atoms with Crippen LogP contribution in [-0.4, -0.2) is 24.2 Å². The zero-order valence-electron chi connectivity index (χ0n) is 22.1. The summed E-state index contributed by atoms with van der Waals surface area (Å²) in [7, 11) is 1.52. The molecule has 7 nitrogen and oxygen atoms in total. The number of carbonyl (C=O) groups excluding carboxylic acids is 1. The molecule has 5 aromatic rings. The van der Waals surface area contributed by atoms with Crippen molar-refractivity contribution in [2.75, 3.05) is 12.4 Å². The molecule has 11 heteroatoms. The topological polar surface area (TPSA) is 84.8 Å². The van der Waals surface area contributed by atoms with Gasteiger partial charge < -0.3 is 14.8 Å². The van der Waals surface area contributed by atoms with Gasteiger partial charge in [0.05, 0.1) is 24.0 Å². The molecule has 1 amide bonds. The molecule has 5 rings (SSSR count). The lowest BCUT2D eigenvalue weighted by atomic mass is 10.1. The predicted molar refractivity (Wildman–Crippen MR) is 171 cm³/mol. The Kier molecular flexibility index (Phi) is 9.61. The molecule has 0 atom stereocenters. The summed E-state index contributed by atoms with van der Waals surface area (Å²) in [5, 5.41) is 11.7. The summed E-state index contributed by atoms with van der Waals surface area (Å²) in [6, 6.07) is 25.2. The van der Waals surface area contributed by atoms with Crippen molar-refractivity contribution >= 4 is 69.1 Å². The van der Waals surface area contributed by atoms with Crippen LogP contribution < -0.4 is 20.2 Å². The van der Waals surface area contributed by atoms with E-state index in [9.17, 15) is 4.79 Å². The fourth-order valence-electron chi connectivity index (χ4n) is 3.83. The molecule has 212 valence electrons. The third-order valence-corrected chi connectivity index (χ3v) is 7.51. The van der Waals surface area contributed by atoms with Gasteiger partial charge >= 0.3 is 0 Å². The lowest BCUT2D eigenvalue weighted by Gasteiger charge is -2.13. The molecule has 1 heterocycles. The van der Waals surface area contributed by atoms with E-state index in [-0.39, 0.29) is 5.91 Å². The summed E-state index contributed by atoms with van der Waals surface area (Å²) >= 11 is 19.8. The van der Waals surface area contributed by atoms with E-state index in [4.69, 9.17) is 44.3 Å². The summed E-state index contributed by atoms with van der Waals surface area (Å²) in [4.78, 5) is 17.3. The molecule has 0 aliphatic heterocycles. The molecule has 0 radical (unpaired) electrons. The number of methoxy groups -OCH3 is 1. The minimum atomic E-state index is -0.359. The van der Waals surface area contributed by atoms with E-state index in [0.717, 1.165) is 27.6 Å². The highest BCUT2D eigenvalue weighted by Gasteiger charge is 2.13. The second-order valence-electron chi connectivity index (χ2n) is 8.90. The van der Waals surface area contributed by atoms with Crippen molar-refractivity contribution in [3.8, 4) is 22.8 Å². The molecule has 0 aliphatic carbocycles. The molecule has 0 fully saturated rings. The Morgan fingerprint density at radius 1 is 0.952 bits per heavy atom. The molecule has 0 aliphatic rings. The number of aromatic nitrogens is 1. The molecule has 4 aromatic carbocycles. The fraction of sp³-hybridized carbons (Fsp3) is 0.0645. The molecule has 0 saturated carbocycles. The molecular formula is C31H23Cl3N4O3S. The number of anilines is 2. The fourth-order valence-corrected chi connectivity index (χ4v) is 5.10. The minimum absolute atomic E-state index is 0.291. The van der Waals surface area contributed by atoms with E-state index < -0.39 is 0 Å². The van der Waals surface area contributed by atoms with E-state index >= 15 is 0 Å². The van der Waals surface area contributed by atoms with Gasteiger partial charge in [0, 0.05) is 32.2 Å². The molecular weight excluding hydrogens is 615 g/mol. The van der Waals surface area contributed by atoms with Gasteiger partial charge in [-0.2, -0.15) is 5.10 Å². The van der Waals surface area contributed by atoms with Crippen LogP contribution in [0.2, 0.25) is 15.1 Å². The van der Waals surface area contributed by atoms with Gasteiger partial charge in [-0.25, -0.2) is 10.4 Å². The van der Waals surface area contributed by atoms with Gasteiger partial charge in [0.25, 0.3) is 5.91 Å². The zero-order chi connectivity index (χ0) is 29.5. The highest BCUT2D eigenvalue weighted by atomic mass is 35.5. The Labute approximate surface area is 261 Å². The number of amides is 1. The quantitative estimate of drug-likeness (QED) is 0.118. The maximum atomic E-state index is 12.7. The normalized spacial score (nSPS) is 11.0. The molecule has 0 saturated heterocycles. The molecule has 42 heavy (non-hydrogen) atoms. The Morgan fingerprint density at radius 2 is 1.64 bits per heavy atom. The van der Waals surface area contributed by atoms with E-state index in [2.05, 4.69) is 20.8 Å². The van der Waals surface area contributed by atoms with Crippen LogP contribution in [0.5, 0.6) is 11.5 Å². The van der Waals surface area contributed by atoms with Gasteiger partial charge in [-0.3, -0.25) is 4.79 Å². The predicted octanol–water partition coefficient (Wildman–Crippen LogP) is 8.87. The van der Waals surface area contributed by atoms with Gasteiger partial charge in [-0.05, 0) is 71.8 Å². The van der Waals surface area contributed by atoms with Crippen LogP contribution >= 0.6 is 46.1 Å². The van der Waals surface area contributed by atoms with Crippen LogP contribution in [-0.2, 0) is 6.61 Å². The van der Waals surface area contributed by atoms with Crippen molar-refractivity contribution in [1.29, 1.82) is 0 Å². The van der Waals surface area contributed by atoms with Crippen molar-refractivity contribution in [2.45, 2.75) is 6.61 Å². The van der Waals surface area contributed by atoms with Crippen LogP contribution in [0.4, 0.5) is 10.8 Å². The molecule has 0 bridgehead atoms. The largest absolute Gasteiger partial charge is 0.493 e. The van der Waals surface area contributed by atoms with Crippen molar-refractivity contribution in [1.82, 2.24) is 10.4 Å². The van der Waals surface area contributed by atoms with E-state index in [1.54, 1.807) is 36.4 Å². The average molecular weight is 638 g/mol. The number of carbonyl (C=O) groups is 1. The Balaban J connectivity index is 1.18. The van der Waals surface area contributed by atoms with Crippen LogP contribution in [0.15, 0.2) is 95.4 Å². The Hall–Kier alpha value is -4.08. The smallest absolute Gasteiger partial charge is 0.271 e. The van der Waals surface area contributed by atoms with Crippen molar-refractivity contribution < 1.29 is 14.3 Å². The number of thiazole rings is 1. The van der Waals surface area contributed by atoms with Crippen LogP contribution in [0.25, 0.3) is 11.3 Å². The van der Waals surface area contributed by atoms with Crippen LogP contribution in [0, 0.1) is 0 Å². The van der Waals surface area contributed by atoms with E-state index in [1.165, 1.54) is 24.7 Å². The van der Waals surface area contributed by atoms with Gasteiger partial charge in [0.1, 0.15) is 6.61 Å². The van der Waals surface area contributed by atoms with Gasteiger partial charge in [0.15, 0.2) is 16.6 Å². The van der Waals surface area contributed by atoms with Crippen molar-refractivity contribution in [3.63, 3.8) is 0 Å². The maximum absolute atomic E-state index is 12.7. The van der Waals surface area contributed by atoms with Gasteiger partial charge in [0.2, 0.25) is 0 Å². The number of benzene rings is 4. The first-order valence-electron chi connectivity index (χ1n) is 12.5. The first kappa shape index (κ1) is 29.4. The highest BCUT2D eigenvalue weighted by molar-refractivity contribution is 7.14. The number of hydrazone groups is 1.